The minimum absolute atomic E-state index is 0.0539. The van der Waals surface area contributed by atoms with Crippen LogP contribution in [0.1, 0.15) is 47.8 Å². The van der Waals surface area contributed by atoms with Gasteiger partial charge in [-0.2, -0.15) is 0 Å². The van der Waals surface area contributed by atoms with Gasteiger partial charge in [0.1, 0.15) is 5.82 Å². The monoisotopic (exact) mass is 486 g/mol. The van der Waals surface area contributed by atoms with E-state index in [-0.39, 0.29) is 16.3 Å². The van der Waals surface area contributed by atoms with Gasteiger partial charge in [-0.15, -0.1) is 0 Å². The number of carbonyl (C=O) groups is 1. The molecule has 0 radical (unpaired) electrons. The Bertz CT molecular complexity index is 1120. The second kappa shape index (κ2) is 10.6. The molecule has 3 aromatic rings. The van der Waals surface area contributed by atoms with Crippen molar-refractivity contribution in [3.63, 3.8) is 0 Å². The standard InChI is InChI=1S/C27H29Cl2FN2O/c1-27(2,3)20-8-5-19(6-9-20)17-32(14-13-18-7-11-24(30)23(29)15-18)26(33)22-16-21(28)10-12-25(22)31-4/h5-12,15-16,31H,13-14,17H2,1-4H3. The molecule has 0 heterocycles. The number of nitrogens with one attached hydrogen (secondary N) is 1. The van der Waals surface area contributed by atoms with Crippen LogP contribution < -0.4 is 5.32 Å². The summed E-state index contributed by atoms with van der Waals surface area (Å²) in [4.78, 5) is 15.4. The Morgan fingerprint density at radius 2 is 1.64 bits per heavy atom. The molecule has 0 spiro atoms. The minimum Gasteiger partial charge on any atom is -0.387 e. The number of benzene rings is 3. The first-order valence-electron chi connectivity index (χ1n) is 10.9. The van der Waals surface area contributed by atoms with E-state index in [0.717, 1.165) is 11.1 Å². The lowest BCUT2D eigenvalue weighted by atomic mass is 9.87. The van der Waals surface area contributed by atoms with E-state index in [1.807, 2.05) is 0 Å². The molecule has 6 heteroatoms. The fourth-order valence-electron chi connectivity index (χ4n) is 3.62. The molecule has 0 aliphatic rings. The van der Waals surface area contributed by atoms with E-state index in [0.29, 0.717) is 35.8 Å². The number of halogens is 3. The van der Waals surface area contributed by atoms with Crippen LogP contribution in [-0.2, 0) is 18.4 Å². The summed E-state index contributed by atoms with van der Waals surface area (Å²) in [5.74, 6) is -0.583. The highest BCUT2D eigenvalue weighted by molar-refractivity contribution is 6.31. The van der Waals surface area contributed by atoms with Crippen molar-refractivity contribution >= 4 is 34.8 Å². The number of anilines is 1. The zero-order chi connectivity index (χ0) is 24.2. The molecule has 0 saturated carbocycles. The number of nitrogens with zero attached hydrogens (tertiary/aromatic N) is 1. The van der Waals surface area contributed by atoms with E-state index in [4.69, 9.17) is 23.2 Å². The first-order valence-corrected chi connectivity index (χ1v) is 11.6. The summed E-state index contributed by atoms with van der Waals surface area (Å²) >= 11 is 12.1. The van der Waals surface area contributed by atoms with Gasteiger partial charge in [-0.25, -0.2) is 4.39 Å². The van der Waals surface area contributed by atoms with Crippen molar-refractivity contribution in [2.45, 2.75) is 39.2 Å². The van der Waals surface area contributed by atoms with Gasteiger partial charge in [0.15, 0.2) is 0 Å². The highest BCUT2D eigenvalue weighted by Crippen LogP contribution is 2.25. The van der Waals surface area contributed by atoms with Gasteiger partial charge in [0.05, 0.1) is 10.6 Å². The third kappa shape index (κ3) is 6.49. The molecule has 33 heavy (non-hydrogen) atoms. The normalized spacial score (nSPS) is 11.4. The van der Waals surface area contributed by atoms with Gasteiger partial charge >= 0.3 is 0 Å². The predicted octanol–water partition coefficient (Wildman–Crippen LogP) is 7.36. The molecule has 0 atom stereocenters. The SMILES string of the molecule is CNc1ccc(Cl)cc1C(=O)N(CCc1ccc(F)c(Cl)c1)Cc1ccc(C(C)(C)C)cc1. The molecule has 3 aromatic carbocycles. The molecule has 0 aliphatic carbocycles. The molecule has 0 unspecified atom stereocenters. The smallest absolute Gasteiger partial charge is 0.256 e. The van der Waals surface area contributed by atoms with E-state index < -0.39 is 5.82 Å². The third-order valence-corrected chi connectivity index (χ3v) is 6.14. The molecule has 0 aromatic heterocycles. The number of rotatable bonds is 7. The van der Waals surface area contributed by atoms with Gasteiger partial charge in [0, 0.05) is 30.8 Å². The highest BCUT2D eigenvalue weighted by atomic mass is 35.5. The fourth-order valence-corrected chi connectivity index (χ4v) is 4.00. The second-order valence-corrected chi connectivity index (χ2v) is 9.96. The molecule has 1 amide bonds. The molecule has 3 rings (SSSR count). The number of hydrogen-bond acceptors (Lipinski definition) is 2. The van der Waals surface area contributed by atoms with Crippen LogP contribution in [0.15, 0.2) is 60.7 Å². The quantitative estimate of drug-likeness (QED) is 0.378. The first kappa shape index (κ1) is 25.1. The lowest BCUT2D eigenvalue weighted by Gasteiger charge is -2.25. The molecule has 0 saturated heterocycles. The summed E-state index contributed by atoms with van der Waals surface area (Å²) in [6, 6.07) is 18.2. The van der Waals surface area contributed by atoms with Crippen molar-refractivity contribution in [3.8, 4) is 0 Å². The van der Waals surface area contributed by atoms with Crippen LogP contribution in [0.25, 0.3) is 0 Å². The van der Waals surface area contributed by atoms with Crippen molar-refractivity contribution in [1.82, 2.24) is 4.90 Å². The van der Waals surface area contributed by atoms with E-state index in [2.05, 4.69) is 50.4 Å². The average molecular weight is 487 g/mol. The maximum Gasteiger partial charge on any atom is 0.256 e. The number of hydrogen-bond donors (Lipinski definition) is 1. The van der Waals surface area contributed by atoms with E-state index in [1.54, 1.807) is 42.3 Å². The summed E-state index contributed by atoms with van der Waals surface area (Å²) in [6.45, 7) is 7.39. The largest absolute Gasteiger partial charge is 0.387 e. The van der Waals surface area contributed by atoms with Crippen LogP contribution >= 0.6 is 23.2 Å². The van der Waals surface area contributed by atoms with Crippen molar-refractivity contribution in [1.29, 1.82) is 0 Å². The van der Waals surface area contributed by atoms with Gasteiger partial charge in [-0.1, -0.05) is 74.3 Å². The molecule has 0 fully saturated rings. The Kier molecular flexibility index (Phi) is 8.04. The second-order valence-electron chi connectivity index (χ2n) is 9.11. The third-order valence-electron chi connectivity index (χ3n) is 5.62. The minimum atomic E-state index is -0.454. The van der Waals surface area contributed by atoms with Crippen molar-refractivity contribution < 1.29 is 9.18 Å². The Labute approximate surface area is 205 Å². The molecule has 174 valence electrons. The summed E-state index contributed by atoms with van der Waals surface area (Å²) in [7, 11) is 1.77. The molecule has 3 nitrogen and oxygen atoms in total. The van der Waals surface area contributed by atoms with Crippen LogP contribution in [0.5, 0.6) is 0 Å². The van der Waals surface area contributed by atoms with Gasteiger partial charge in [-0.05, 0) is 58.9 Å². The topological polar surface area (TPSA) is 32.3 Å². The van der Waals surface area contributed by atoms with Crippen LogP contribution in [0.3, 0.4) is 0 Å². The Morgan fingerprint density at radius 3 is 2.24 bits per heavy atom. The van der Waals surface area contributed by atoms with Crippen molar-refractivity contribution in [2.75, 3.05) is 18.9 Å². The summed E-state index contributed by atoms with van der Waals surface area (Å²) in [5, 5.41) is 3.65. The Hall–Kier alpha value is -2.56. The predicted molar refractivity (Wildman–Crippen MR) is 136 cm³/mol. The first-order chi connectivity index (χ1) is 15.6. The van der Waals surface area contributed by atoms with Crippen LogP contribution in [0.4, 0.5) is 10.1 Å². The molecule has 0 aliphatic heterocycles. The summed E-state index contributed by atoms with van der Waals surface area (Å²) < 4.78 is 13.6. The molecular formula is C27H29Cl2FN2O. The van der Waals surface area contributed by atoms with E-state index >= 15 is 0 Å². The Morgan fingerprint density at radius 1 is 0.970 bits per heavy atom. The molecule has 0 bridgehead atoms. The Balaban J connectivity index is 1.89. The summed E-state index contributed by atoms with van der Waals surface area (Å²) in [6.07, 6.45) is 0.543. The van der Waals surface area contributed by atoms with E-state index in [9.17, 15) is 9.18 Å². The van der Waals surface area contributed by atoms with Crippen LogP contribution in [0.2, 0.25) is 10.0 Å². The maximum atomic E-state index is 13.6. The van der Waals surface area contributed by atoms with Gasteiger partial charge < -0.3 is 10.2 Å². The lowest BCUT2D eigenvalue weighted by Crippen LogP contribution is -2.33. The van der Waals surface area contributed by atoms with Crippen molar-refractivity contribution in [3.05, 3.63) is 98.8 Å². The van der Waals surface area contributed by atoms with Gasteiger partial charge in [-0.3, -0.25) is 4.79 Å². The summed E-state index contributed by atoms with van der Waals surface area (Å²) in [5.41, 5.74) is 4.40. The van der Waals surface area contributed by atoms with Crippen molar-refractivity contribution in [2.24, 2.45) is 0 Å². The highest BCUT2D eigenvalue weighted by Gasteiger charge is 2.20. The maximum absolute atomic E-state index is 13.6. The number of amides is 1. The fraction of sp³-hybridized carbons (Fsp3) is 0.296. The van der Waals surface area contributed by atoms with Gasteiger partial charge in [0.25, 0.3) is 5.91 Å². The van der Waals surface area contributed by atoms with E-state index in [1.165, 1.54) is 11.6 Å². The lowest BCUT2D eigenvalue weighted by molar-refractivity contribution is 0.0746. The van der Waals surface area contributed by atoms with Crippen LogP contribution in [0, 0.1) is 5.82 Å². The zero-order valence-electron chi connectivity index (χ0n) is 19.4. The molecule has 1 N–H and O–H groups in total. The zero-order valence-corrected chi connectivity index (χ0v) is 20.9. The average Bonchev–Trinajstić information content (AvgIpc) is 2.78. The van der Waals surface area contributed by atoms with Gasteiger partial charge in [0.2, 0.25) is 0 Å². The van der Waals surface area contributed by atoms with Crippen LogP contribution in [-0.4, -0.2) is 24.4 Å². The number of carbonyl (C=O) groups excluding carboxylic acids is 1. The molecular weight excluding hydrogens is 458 g/mol.